The second-order valence-electron chi connectivity index (χ2n) is 10.2. The molecule has 1 N–H and O–H groups in total. The number of aryl methyl sites for hydroxylation is 2. The van der Waals surface area contributed by atoms with Crippen LogP contribution in [0.1, 0.15) is 40.2 Å². The Kier molecular flexibility index (Phi) is 10.6. The number of amides is 2. The van der Waals surface area contributed by atoms with E-state index < -0.39 is 5.91 Å². The molecule has 0 aliphatic carbocycles. The van der Waals surface area contributed by atoms with Gasteiger partial charge in [0.05, 0.1) is 30.5 Å². The molecule has 2 amide bonds. The first kappa shape index (κ1) is 31.9. The van der Waals surface area contributed by atoms with E-state index in [1.54, 1.807) is 29.2 Å². The van der Waals surface area contributed by atoms with Crippen molar-refractivity contribution >= 4 is 34.0 Å². The van der Waals surface area contributed by atoms with Crippen molar-refractivity contribution in [2.75, 3.05) is 39.5 Å². The number of hydrogen-bond donors (Lipinski definition) is 1. The zero-order valence-electron chi connectivity index (χ0n) is 25.4. The summed E-state index contributed by atoms with van der Waals surface area (Å²) in [6, 6.07) is 18.7. The van der Waals surface area contributed by atoms with Crippen molar-refractivity contribution in [3.05, 3.63) is 93.6 Å². The zero-order chi connectivity index (χ0) is 31.8. The van der Waals surface area contributed by atoms with E-state index in [9.17, 15) is 9.59 Å². The fourth-order valence-corrected chi connectivity index (χ4v) is 5.40. The average Bonchev–Trinajstić information content (AvgIpc) is 3.66. The molecule has 11 nitrogen and oxygen atoms in total. The van der Waals surface area contributed by atoms with Crippen LogP contribution < -0.4 is 19.6 Å². The summed E-state index contributed by atoms with van der Waals surface area (Å²) in [7, 11) is 0. The molecule has 3 heterocycles. The molecule has 2 aromatic heterocycles. The van der Waals surface area contributed by atoms with E-state index in [0.29, 0.717) is 66.0 Å². The van der Waals surface area contributed by atoms with Crippen LogP contribution in [0, 0.1) is 13.8 Å². The molecule has 1 aliphatic rings. The van der Waals surface area contributed by atoms with E-state index in [2.05, 4.69) is 57.0 Å². The van der Waals surface area contributed by atoms with Crippen molar-refractivity contribution < 1.29 is 33.0 Å². The standard InChI is InChI=1S/C33H35BrN4O7/c1-4-42-30-18-24(17-28(34)32(30)44-21-31(39)37-13-15-41-16-14-37)19-35-36-33(40)29-12-11-27(45-29)20-43-26-9-7-25(8-10-26)38-22(2)5-6-23(38)3/h5-12,17-19H,4,13-16,20-21H2,1-3H3,(H,36,40)/b35-19+. The second-order valence-corrected chi connectivity index (χ2v) is 11.1. The Morgan fingerprint density at radius 1 is 0.978 bits per heavy atom. The molecule has 236 valence electrons. The number of carbonyl (C=O) groups excluding carboxylic acids is 2. The van der Waals surface area contributed by atoms with Crippen molar-refractivity contribution in [1.82, 2.24) is 14.9 Å². The molecule has 45 heavy (non-hydrogen) atoms. The Hall–Kier alpha value is -4.55. The summed E-state index contributed by atoms with van der Waals surface area (Å²) in [5.74, 6) is 1.50. The zero-order valence-corrected chi connectivity index (χ0v) is 27.0. The van der Waals surface area contributed by atoms with Crippen LogP contribution in [-0.2, 0) is 16.1 Å². The Morgan fingerprint density at radius 3 is 2.42 bits per heavy atom. The third kappa shape index (κ3) is 8.14. The quantitative estimate of drug-likeness (QED) is 0.157. The number of ether oxygens (including phenoxy) is 4. The summed E-state index contributed by atoms with van der Waals surface area (Å²) in [5.41, 5.74) is 6.48. The molecule has 5 rings (SSSR count). The number of rotatable bonds is 12. The monoisotopic (exact) mass is 678 g/mol. The van der Waals surface area contributed by atoms with E-state index in [1.165, 1.54) is 6.21 Å². The lowest BCUT2D eigenvalue weighted by molar-refractivity contribution is -0.137. The van der Waals surface area contributed by atoms with Crippen LogP contribution in [0.15, 0.2) is 74.7 Å². The van der Waals surface area contributed by atoms with Crippen LogP contribution >= 0.6 is 15.9 Å². The molecule has 4 aromatic rings. The molecule has 0 radical (unpaired) electrons. The molecule has 0 spiro atoms. The van der Waals surface area contributed by atoms with Gasteiger partial charge in [0.15, 0.2) is 23.9 Å². The van der Waals surface area contributed by atoms with Crippen LogP contribution in [0.2, 0.25) is 0 Å². The van der Waals surface area contributed by atoms with Gasteiger partial charge in [-0.05, 0) is 103 Å². The Bertz CT molecular complexity index is 1640. The minimum absolute atomic E-state index is 0.101. The lowest BCUT2D eigenvalue weighted by Gasteiger charge is -2.27. The second kappa shape index (κ2) is 15.0. The van der Waals surface area contributed by atoms with Crippen LogP contribution in [-0.4, -0.2) is 67.0 Å². The maximum Gasteiger partial charge on any atom is 0.307 e. The lowest BCUT2D eigenvalue weighted by atomic mass is 10.2. The van der Waals surface area contributed by atoms with Gasteiger partial charge in [-0.1, -0.05) is 0 Å². The largest absolute Gasteiger partial charge is 0.490 e. The first-order valence-corrected chi connectivity index (χ1v) is 15.4. The molecule has 1 aliphatic heterocycles. The summed E-state index contributed by atoms with van der Waals surface area (Å²) in [4.78, 5) is 26.9. The van der Waals surface area contributed by atoms with Gasteiger partial charge in [-0.25, -0.2) is 5.43 Å². The topological polar surface area (TPSA) is 117 Å². The van der Waals surface area contributed by atoms with Crippen molar-refractivity contribution in [2.45, 2.75) is 27.4 Å². The lowest BCUT2D eigenvalue weighted by Crippen LogP contribution is -2.43. The number of carbonyl (C=O) groups is 2. The number of hydrogen-bond acceptors (Lipinski definition) is 8. The summed E-state index contributed by atoms with van der Waals surface area (Å²) in [6.07, 6.45) is 1.47. The van der Waals surface area contributed by atoms with E-state index in [1.807, 2.05) is 31.2 Å². The summed E-state index contributed by atoms with van der Waals surface area (Å²) in [6.45, 7) is 8.53. The molecular weight excluding hydrogens is 644 g/mol. The van der Waals surface area contributed by atoms with E-state index >= 15 is 0 Å². The van der Waals surface area contributed by atoms with Gasteiger partial charge in [0.2, 0.25) is 0 Å². The number of aromatic nitrogens is 1. The number of nitrogens with zero attached hydrogens (tertiary/aromatic N) is 3. The summed E-state index contributed by atoms with van der Waals surface area (Å²) in [5, 5.41) is 4.06. The van der Waals surface area contributed by atoms with Crippen molar-refractivity contribution in [3.8, 4) is 22.9 Å². The minimum Gasteiger partial charge on any atom is -0.490 e. The van der Waals surface area contributed by atoms with Crippen molar-refractivity contribution in [3.63, 3.8) is 0 Å². The highest BCUT2D eigenvalue weighted by atomic mass is 79.9. The smallest absolute Gasteiger partial charge is 0.307 e. The molecule has 1 fully saturated rings. The van der Waals surface area contributed by atoms with E-state index in [0.717, 1.165) is 17.1 Å². The number of morpholine rings is 1. The number of halogens is 1. The number of hydrazone groups is 1. The molecular formula is C33H35BrN4O7. The molecule has 0 saturated carbocycles. The molecule has 2 aromatic carbocycles. The first-order chi connectivity index (χ1) is 21.8. The van der Waals surface area contributed by atoms with Gasteiger partial charge in [0.25, 0.3) is 5.91 Å². The molecule has 0 bridgehead atoms. The van der Waals surface area contributed by atoms with Gasteiger partial charge >= 0.3 is 5.91 Å². The van der Waals surface area contributed by atoms with Gasteiger partial charge in [0.1, 0.15) is 18.1 Å². The van der Waals surface area contributed by atoms with Crippen LogP contribution in [0.25, 0.3) is 5.69 Å². The highest BCUT2D eigenvalue weighted by Crippen LogP contribution is 2.36. The Labute approximate surface area is 269 Å². The van der Waals surface area contributed by atoms with Crippen LogP contribution in [0.3, 0.4) is 0 Å². The third-order valence-electron chi connectivity index (χ3n) is 7.05. The maximum absolute atomic E-state index is 12.6. The maximum atomic E-state index is 12.6. The predicted octanol–water partition coefficient (Wildman–Crippen LogP) is 5.43. The van der Waals surface area contributed by atoms with Crippen molar-refractivity contribution in [2.24, 2.45) is 5.10 Å². The van der Waals surface area contributed by atoms with Gasteiger partial charge in [-0.3, -0.25) is 9.59 Å². The molecule has 0 unspecified atom stereocenters. The summed E-state index contributed by atoms with van der Waals surface area (Å²) < 4.78 is 31.1. The highest BCUT2D eigenvalue weighted by molar-refractivity contribution is 9.10. The molecule has 0 atom stereocenters. The normalized spacial score (nSPS) is 13.2. The molecule has 1 saturated heterocycles. The van der Waals surface area contributed by atoms with E-state index in [4.69, 9.17) is 23.4 Å². The van der Waals surface area contributed by atoms with Crippen LogP contribution in [0.5, 0.6) is 17.2 Å². The van der Waals surface area contributed by atoms with Gasteiger partial charge in [0, 0.05) is 30.2 Å². The summed E-state index contributed by atoms with van der Waals surface area (Å²) >= 11 is 3.50. The SMILES string of the molecule is CCOc1cc(/C=N/NC(=O)c2ccc(COc3ccc(-n4c(C)ccc4C)cc3)o2)cc(Br)c1OCC(=O)N1CCOCC1. The fourth-order valence-electron chi connectivity index (χ4n) is 4.82. The van der Waals surface area contributed by atoms with Crippen LogP contribution in [0.4, 0.5) is 0 Å². The molecule has 12 heteroatoms. The Morgan fingerprint density at radius 2 is 1.71 bits per heavy atom. The average molecular weight is 680 g/mol. The predicted molar refractivity (Wildman–Crippen MR) is 172 cm³/mol. The van der Waals surface area contributed by atoms with Gasteiger partial charge in [-0.2, -0.15) is 5.10 Å². The van der Waals surface area contributed by atoms with E-state index in [-0.39, 0.29) is 24.9 Å². The number of nitrogens with one attached hydrogen (secondary N) is 1. The third-order valence-corrected chi connectivity index (χ3v) is 7.64. The van der Waals surface area contributed by atoms with Gasteiger partial charge in [-0.15, -0.1) is 0 Å². The number of furan rings is 1. The number of benzene rings is 2. The Balaban J connectivity index is 1.14. The fraction of sp³-hybridized carbons (Fsp3) is 0.303. The van der Waals surface area contributed by atoms with Crippen molar-refractivity contribution in [1.29, 1.82) is 0 Å². The minimum atomic E-state index is -0.509. The first-order valence-electron chi connectivity index (χ1n) is 14.6. The highest BCUT2D eigenvalue weighted by Gasteiger charge is 2.20. The van der Waals surface area contributed by atoms with Gasteiger partial charge < -0.3 is 32.8 Å².